The van der Waals surface area contributed by atoms with E-state index in [-0.39, 0.29) is 47.4 Å². The third-order valence-corrected chi connectivity index (χ3v) is 9.38. The predicted octanol–water partition coefficient (Wildman–Crippen LogP) is 6.47. The molecule has 0 fully saturated rings. The Bertz CT molecular complexity index is 1480. The van der Waals surface area contributed by atoms with Crippen LogP contribution in [-0.4, -0.2) is 67.8 Å². The summed E-state index contributed by atoms with van der Waals surface area (Å²) in [5, 5.41) is 42.6. The molecule has 0 bridgehead atoms. The lowest BCUT2D eigenvalue weighted by Crippen LogP contribution is -2.49. The molecule has 4 rings (SSSR count). The molecule has 9 heteroatoms. The Morgan fingerprint density at radius 3 is 2.48 bits per heavy atom. The lowest BCUT2D eigenvalue weighted by atomic mass is 9.73. The molecule has 4 atom stereocenters. The number of aliphatic hydroxyl groups excluding tert-OH is 1. The second-order valence-electron chi connectivity index (χ2n) is 14.4. The molecule has 1 aromatic carbocycles. The van der Waals surface area contributed by atoms with Crippen LogP contribution in [0.3, 0.4) is 0 Å². The first-order valence-corrected chi connectivity index (χ1v) is 16.2. The minimum atomic E-state index is -1.46. The average molecular weight is 639 g/mol. The number of carbonyl (C=O) groups excluding carboxylic acids is 1. The van der Waals surface area contributed by atoms with E-state index in [1.165, 1.54) is 26.3 Å². The molecule has 0 saturated heterocycles. The number of aliphatic carboxylic acids is 1. The van der Waals surface area contributed by atoms with Gasteiger partial charge in [-0.2, -0.15) is 0 Å². The van der Waals surface area contributed by atoms with E-state index in [9.17, 15) is 24.9 Å². The van der Waals surface area contributed by atoms with Gasteiger partial charge >= 0.3 is 5.97 Å². The van der Waals surface area contributed by atoms with E-state index in [0.29, 0.717) is 48.1 Å². The molecule has 2 aliphatic heterocycles. The molecule has 1 aliphatic carbocycles. The Labute approximate surface area is 272 Å². The number of carboxylic acids is 1. The van der Waals surface area contributed by atoms with Crippen LogP contribution in [0.4, 0.5) is 0 Å². The number of hydrogen-bond acceptors (Lipinski definition) is 8. The topological polar surface area (TPSA) is 143 Å². The van der Waals surface area contributed by atoms with Gasteiger partial charge in [-0.05, 0) is 99.6 Å². The predicted molar refractivity (Wildman–Crippen MR) is 176 cm³/mol. The highest BCUT2D eigenvalue weighted by atomic mass is 16.5. The van der Waals surface area contributed by atoms with Crippen LogP contribution in [0.25, 0.3) is 6.08 Å². The molecule has 0 amide bonds. The molecule has 1 aromatic rings. The minimum absolute atomic E-state index is 0.0225. The van der Waals surface area contributed by atoms with E-state index in [2.05, 4.69) is 6.08 Å². The number of Topliss-reactive ketones (excluding diaryl/α,β-unsaturated/α-hetero) is 1. The van der Waals surface area contributed by atoms with Crippen LogP contribution in [0.2, 0.25) is 0 Å². The maximum Gasteiger partial charge on any atom is 0.330 e. The summed E-state index contributed by atoms with van der Waals surface area (Å²) in [6, 6.07) is 0. The second kappa shape index (κ2) is 13.4. The Morgan fingerprint density at radius 1 is 1.15 bits per heavy atom. The first-order chi connectivity index (χ1) is 21.4. The van der Waals surface area contributed by atoms with Crippen LogP contribution in [0, 0.1) is 5.92 Å². The third kappa shape index (κ3) is 7.42. The van der Waals surface area contributed by atoms with Crippen molar-refractivity contribution in [2.24, 2.45) is 5.92 Å². The summed E-state index contributed by atoms with van der Waals surface area (Å²) in [6.07, 6.45) is 10.4. The van der Waals surface area contributed by atoms with E-state index in [1.54, 1.807) is 12.2 Å². The summed E-state index contributed by atoms with van der Waals surface area (Å²) in [6.45, 7) is 14.7. The van der Waals surface area contributed by atoms with Crippen LogP contribution < -0.4 is 9.47 Å². The van der Waals surface area contributed by atoms with Gasteiger partial charge in [-0.3, -0.25) is 4.79 Å². The molecule has 0 saturated carbocycles. The van der Waals surface area contributed by atoms with E-state index in [4.69, 9.17) is 19.3 Å². The molecule has 3 aliphatic rings. The van der Waals surface area contributed by atoms with Gasteiger partial charge < -0.3 is 34.6 Å². The lowest BCUT2D eigenvalue weighted by molar-refractivity contribution is -0.132. The molecule has 0 radical (unpaired) electrons. The number of aliphatic hydroxyl groups is 2. The zero-order chi connectivity index (χ0) is 34.2. The number of ketones is 1. The maximum absolute atomic E-state index is 14.2. The van der Waals surface area contributed by atoms with Crippen molar-refractivity contribution in [1.29, 1.82) is 0 Å². The average Bonchev–Trinajstić information content (AvgIpc) is 2.95. The van der Waals surface area contributed by atoms with Gasteiger partial charge in [-0.25, -0.2) is 4.79 Å². The van der Waals surface area contributed by atoms with Gasteiger partial charge in [0.2, 0.25) is 0 Å². The van der Waals surface area contributed by atoms with Crippen molar-refractivity contribution in [2.45, 2.75) is 123 Å². The summed E-state index contributed by atoms with van der Waals surface area (Å²) in [7, 11) is 0. The van der Waals surface area contributed by atoms with E-state index < -0.39 is 35.0 Å². The largest absolute Gasteiger partial charge is 0.506 e. The Balaban J connectivity index is 1.77. The van der Waals surface area contributed by atoms with Crippen molar-refractivity contribution in [3.8, 4) is 17.2 Å². The molecule has 2 unspecified atom stereocenters. The number of phenols is 1. The van der Waals surface area contributed by atoms with Crippen LogP contribution >= 0.6 is 0 Å². The van der Waals surface area contributed by atoms with E-state index in [0.717, 1.165) is 6.42 Å². The van der Waals surface area contributed by atoms with Gasteiger partial charge in [0.25, 0.3) is 0 Å². The molecule has 2 heterocycles. The number of ether oxygens (including phenoxy) is 3. The fourth-order valence-electron chi connectivity index (χ4n) is 6.36. The Kier molecular flexibility index (Phi) is 10.3. The van der Waals surface area contributed by atoms with E-state index >= 15 is 0 Å². The second-order valence-corrected chi connectivity index (χ2v) is 14.4. The third-order valence-electron chi connectivity index (χ3n) is 9.38. The van der Waals surface area contributed by atoms with Crippen LogP contribution in [-0.2, 0) is 16.0 Å². The van der Waals surface area contributed by atoms with Gasteiger partial charge in [0.1, 0.15) is 34.5 Å². The number of phenolic OH excluding ortho intramolecular Hbond substituents is 1. The highest BCUT2D eigenvalue weighted by Crippen LogP contribution is 2.53. The standard InChI is InChI=1S/C37H50O9/c1-21(2)12-10-17-37(8)18-16-24-30(40)28-29(39)23-14-9-15-26(36(6,7)44-19-11-13-22(3)34(41)42)32(23)45-33(28)25(31(24)46-37)20-27(38)35(4,5)43/h12-14,16,18,26-27,32,38,40,43H,9-11,15,17,19-20H2,1-8H3,(H,41,42)/b22-13-/t26-,27?,32?,37-/m0/s1. The lowest BCUT2D eigenvalue weighted by Gasteiger charge is -2.45. The summed E-state index contributed by atoms with van der Waals surface area (Å²) >= 11 is 0. The summed E-state index contributed by atoms with van der Waals surface area (Å²) in [4.78, 5) is 25.4. The molecule has 252 valence electrons. The van der Waals surface area contributed by atoms with E-state index in [1.807, 2.05) is 46.8 Å². The zero-order valence-corrected chi connectivity index (χ0v) is 28.4. The first kappa shape index (κ1) is 35.5. The summed E-state index contributed by atoms with van der Waals surface area (Å²) in [5.41, 5.74) is -0.277. The molecule has 4 N–H and O–H groups in total. The molecule has 0 aromatic heterocycles. The molecule has 9 nitrogen and oxygen atoms in total. The number of allylic oxidation sites excluding steroid dienone is 3. The van der Waals surface area contributed by atoms with Crippen molar-refractivity contribution in [3.05, 3.63) is 57.7 Å². The fraction of sp³-hybridized carbons (Fsp3) is 0.568. The number of aromatic hydroxyl groups is 1. The molecular formula is C37H50O9. The van der Waals surface area contributed by atoms with Gasteiger partial charge in [0, 0.05) is 29.0 Å². The smallest absolute Gasteiger partial charge is 0.330 e. The van der Waals surface area contributed by atoms with Crippen molar-refractivity contribution >= 4 is 17.8 Å². The van der Waals surface area contributed by atoms with Gasteiger partial charge in [0.05, 0.1) is 29.5 Å². The highest BCUT2D eigenvalue weighted by molar-refractivity contribution is 6.15. The monoisotopic (exact) mass is 638 g/mol. The normalized spacial score (nSPS) is 23.3. The number of fused-ring (bicyclic) bond motifs is 3. The zero-order valence-electron chi connectivity index (χ0n) is 28.4. The van der Waals surface area contributed by atoms with Gasteiger partial charge in [-0.15, -0.1) is 0 Å². The Morgan fingerprint density at radius 2 is 1.85 bits per heavy atom. The SMILES string of the molecule is CC(C)=CCC[C@@]1(C)C=Cc2c(O)c3c(c(CC(O)C(C)(C)O)c2O1)OC1C(=CCC[C@@H]1C(C)(C)OCC/C=C(/C)C(=O)O)C3=O. The number of rotatable bonds is 12. The highest BCUT2D eigenvalue weighted by Gasteiger charge is 2.49. The van der Waals surface area contributed by atoms with Crippen molar-refractivity contribution in [2.75, 3.05) is 6.61 Å². The minimum Gasteiger partial charge on any atom is -0.506 e. The fourth-order valence-corrected chi connectivity index (χ4v) is 6.36. The van der Waals surface area contributed by atoms with Crippen LogP contribution in [0.5, 0.6) is 17.2 Å². The van der Waals surface area contributed by atoms with Crippen molar-refractivity contribution < 1.29 is 44.2 Å². The first-order valence-electron chi connectivity index (χ1n) is 16.2. The summed E-state index contributed by atoms with van der Waals surface area (Å²) in [5.74, 6) is -1.35. The van der Waals surface area contributed by atoms with Gasteiger partial charge in [0.15, 0.2) is 5.78 Å². The Hall–Kier alpha value is -3.40. The van der Waals surface area contributed by atoms with Gasteiger partial charge in [-0.1, -0.05) is 23.8 Å². The number of hydrogen-bond donors (Lipinski definition) is 4. The van der Waals surface area contributed by atoms with Crippen LogP contribution in [0.1, 0.15) is 109 Å². The molecule has 46 heavy (non-hydrogen) atoms. The number of carbonyl (C=O) groups is 2. The van der Waals surface area contributed by atoms with Crippen molar-refractivity contribution in [3.63, 3.8) is 0 Å². The molecular weight excluding hydrogens is 588 g/mol. The molecule has 0 spiro atoms. The quantitative estimate of drug-likeness (QED) is 0.115. The summed E-state index contributed by atoms with van der Waals surface area (Å²) < 4.78 is 19.6. The van der Waals surface area contributed by atoms with Crippen molar-refractivity contribution in [1.82, 2.24) is 0 Å². The van der Waals surface area contributed by atoms with Crippen LogP contribution in [0.15, 0.2) is 41.0 Å². The maximum atomic E-state index is 14.2. The number of benzene rings is 1. The number of carboxylic acid groups (broad SMARTS) is 1.